The molecule has 1 aromatic rings. The van der Waals surface area contributed by atoms with Gasteiger partial charge in [0.2, 0.25) is 0 Å². The van der Waals surface area contributed by atoms with E-state index in [1.807, 2.05) is 0 Å². The molecule has 3 amide bonds. The van der Waals surface area contributed by atoms with Crippen LogP contribution in [0.25, 0.3) is 0 Å². The molecule has 0 aromatic heterocycles. The Morgan fingerprint density at radius 3 is 2.00 bits per heavy atom. The number of urea groups is 1. The largest absolute Gasteiger partial charge is 0.352 e. The van der Waals surface area contributed by atoms with Crippen LogP contribution in [0, 0.1) is 11.8 Å². The maximum absolute atomic E-state index is 12.3. The van der Waals surface area contributed by atoms with Crippen LogP contribution in [0.5, 0.6) is 0 Å². The smallest absolute Gasteiger partial charge is 0.319 e. The third-order valence-corrected chi connectivity index (χ3v) is 4.65. The minimum absolute atomic E-state index is 0.0968. The van der Waals surface area contributed by atoms with Crippen LogP contribution in [0.4, 0.5) is 10.5 Å². The quantitative estimate of drug-likeness (QED) is 0.536. The van der Waals surface area contributed by atoms with Crippen molar-refractivity contribution in [3.05, 3.63) is 29.8 Å². The molecule has 0 bridgehead atoms. The summed E-state index contributed by atoms with van der Waals surface area (Å²) in [6, 6.07) is 7.05. The topological polar surface area (TPSA) is 73.5 Å². The Morgan fingerprint density at radius 1 is 0.893 bits per heavy atom. The molecule has 158 valence electrons. The Kier molecular flexibility index (Phi) is 10.6. The Labute approximate surface area is 170 Å². The summed E-state index contributed by atoms with van der Waals surface area (Å²) in [5.41, 5.74) is 1.26. The van der Waals surface area contributed by atoms with Gasteiger partial charge in [-0.15, -0.1) is 0 Å². The van der Waals surface area contributed by atoms with Gasteiger partial charge in [0.25, 0.3) is 5.91 Å². The first-order chi connectivity index (χ1) is 13.3. The summed E-state index contributed by atoms with van der Waals surface area (Å²) < 4.78 is 0. The molecule has 1 unspecified atom stereocenters. The number of amides is 3. The normalized spacial score (nSPS) is 12.3. The zero-order chi connectivity index (χ0) is 21.1. The van der Waals surface area contributed by atoms with Crippen molar-refractivity contribution in [1.29, 1.82) is 0 Å². The lowest BCUT2D eigenvalue weighted by Crippen LogP contribution is -2.45. The lowest BCUT2D eigenvalue weighted by molar-refractivity contribution is 0.0949. The summed E-state index contributed by atoms with van der Waals surface area (Å²) in [7, 11) is 0. The number of anilines is 1. The molecule has 28 heavy (non-hydrogen) atoms. The molecule has 3 N–H and O–H groups in total. The van der Waals surface area contributed by atoms with E-state index in [2.05, 4.69) is 62.4 Å². The van der Waals surface area contributed by atoms with E-state index in [-0.39, 0.29) is 11.9 Å². The average Bonchev–Trinajstić information content (AvgIpc) is 2.65. The fourth-order valence-corrected chi connectivity index (χ4v) is 3.14. The van der Waals surface area contributed by atoms with E-state index in [0.717, 1.165) is 19.5 Å². The van der Waals surface area contributed by atoms with E-state index in [1.54, 1.807) is 24.3 Å². The molecule has 1 atom stereocenters. The van der Waals surface area contributed by atoms with Crippen molar-refractivity contribution in [1.82, 2.24) is 15.5 Å². The summed E-state index contributed by atoms with van der Waals surface area (Å²) in [4.78, 5) is 26.7. The predicted octanol–water partition coefficient (Wildman–Crippen LogP) is 3.95. The van der Waals surface area contributed by atoms with Gasteiger partial charge in [0.15, 0.2) is 0 Å². The maximum Gasteiger partial charge on any atom is 0.319 e. The first-order valence-corrected chi connectivity index (χ1v) is 10.4. The second-order valence-electron chi connectivity index (χ2n) is 8.02. The van der Waals surface area contributed by atoms with E-state index < -0.39 is 0 Å². The van der Waals surface area contributed by atoms with E-state index in [4.69, 9.17) is 0 Å². The van der Waals surface area contributed by atoms with Crippen LogP contribution in [0.1, 0.15) is 58.3 Å². The van der Waals surface area contributed by atoms with Crippen LogP contribution < -0.4 is 16.0 Å². The predicted molar refractivity (Wildman–Crippen MR) is 117 cm³/mol. The molecule has 0 aliphatic carbocycles. The van der Waals surface area contributed by atoms with Crippen LogP contribution in [-0.2, 0) is 0 Å². The van der Waals surface area contributed by atoms with Gasteiger partial charge in [-0.05, 0) is 55.6 Å². The monoisotopic (exact) mass is 390 g/mol. The van der Waals surface area contributed by atoms with Crippen molar-refractivity contribution in [2.24, 2.45) is 11.8 Å². The Bertz CT molecular complexity index is 595. The Hall–Kier alpha value is -2.08. The molecule has 0 saturated carbocycles. The maximum atomic E-state index is 12.3. The summed E-state index contributed by atoms with van der Waals surface area (Å²) in [5.74, 6) is 0.884. The zero-order valence-corrected chi connectivity index (χ0v) is 18.3. The highest BCUT2D eigenvalue weighted by atomic mass is 16.2. The van der Waals surface area contributed by atoms with Gasteiger partial charge in [0, 0.05) is 30.4 Å². The summed E-state index contributed by atoms with van der Waals surface area (Å²) >= 11 is 0. The van der Waals surface area contributed by atoms with Crippen LogP contribution in [0.15, 0.2) is 24.3 Å². The van der Waals surface area contributed by atoms with Crippen LogP contribution in [-0.4, -0.2) is 49.1 Å². The third-order valence-electron chi connectivity index (χ3n) is 4.65. The first kappa shape index (κ1) is 24.0. The van der Waals surface area contributed by atoms with Crippen LogP contribution >= 0.6 is 0 Å². The molecule has 0 radical (unpaired) electrons. The van der Waals surface area contributed by atoms with Crippen molar-refractivity contribution in [3.8, 4) is 0 Å². The number of carbonyl (C=O) groups is 2. The van der Waals surface area contributed by atoms with Crippen molar-refractivity contribution < 1.29 is 9.59 Å². The SMILES string of the molecule is CCN(CC)C(CNC(=O)Nc1ccc(C(=O)NCC(C)C)cc1)CC(C)C. The number of nitrogens with one attached hydrogen (secondary N) is 3. The van der Waals surface area contributed by atoms with Crippen molar-refractivity contribution in [2.75, 3.05) is 31.5 Å². The molecule has 1 aromatic carbocycles. The number of rotatable bonds is 11. The van der Waals surface area contributed by atoms with Crippen molar-refractivity contribution >= 4 is 17.6 Å². The number of benzene rings is 1. The third kappa shape index (κ3) is 8.74. The molecule has 6 nitrogen and oxygen atoms in total. The Balaban J connectivity index is 2.56. The highest BCUT2D eigenvalue weighted by Crippen LogP contribution is 2.12. The molecule has 1 rings (SSSR count). The first-order valence-electron chi connectivity index (χ1n) is 10.4. The second-order valence-corrected chi connectivity index (χ2v) is 8.02. The molecule has 6 heteroatoms. The van der Waals surface area contributed by atoms with Gasteiger partial charge >= 0.3 is 6.03 Å². The summed E-state index contributed by atoms with van der Waals surface area (Å²) in [6.45, 7) is 16.0. The summed E-state index contributed by atoms with van der Waals surface area (Å²) in [5, 5.41) is 8.71. The van der Waals surface area contributed by atoms with Crippen LogP contribution in [0.3, 0.4) is 0 Å². The molecule has 0 heterocycles. The van der Waals surface area contributed by atoms with Gasteiger partial charge in [-0.1, -0.05) is 41.5 Å². The van der Waals surface area contributed by atoms with E-state index >= 15 is 0 Å². The number of carbonyl (C=O) groups excluding carboxylic acids is 2. The molecule has 0 aliphatic heterocycles. The van der Waals surface area contributed by atoms with E-state index in [9.17, 15) is 9.59 Å². The minimum Gasteiger partial charge on any atom is -0.352 e. The Morgan fingerprint density at radius 2 is 1.50 bits per heavy atom. The number of hydrogen-bond acceptors (Lipinski definition) is 3. The lowest BCUT2D eigenvalue weighted by atomic mass is 10.0. The van der Waals surface area contributed by atoms with Gasteiger partial charge in [-0.2, -0.15) is 0 Å². The number of hydrogen-bond donors (Lipinski definition) is 3. The lowest BCUT2D eigenvalue weighted by Gasteiger charge is -2.31. The van der Waals surface area contributed by atoms with Crippen molar-refractivity contribution in [2.45, 2.75) is 54.0 Å². The van der Waals surface area contributed by atoms with Gasteiger partial charge in [0.1, 0.15) is 0 Å². The van der Waals surface area contributed by atoms with Gasteiger partial charge in [-0.25, -0.2) is 4.79 Å². The molecule has 0 saturated heterocycles. The molecule has 0 fully saturated rings. The minimum atomic E-state index is -0.224. The fraction of sp³-hybridized carbons (Fsp3) is 0.636. The molecular formula is C22H38N4O2. The van der Waals surface area contributed by atoms with E-state index in [0.29, 0.717) is 42.2 Å². The fourth-order valence-electron chi connectivity index (χ4n) is 3.14. The second kappa shape index (κ2) is 12.4. The van der Waals surface area contributed by atoms with Gasteiger partial charge in [0.05, 0.1) is 0 Å². The van der Waals surface area contributed by atoms with Gasteiger partial charge in [-0.3, -0.25) is 9.69 Å². The van der Waals surface area contributed by atoms with E-state index in [1.165, 1.54) is 0 Å². The molecular weight excluding hydrogens is 352 g/mol. The van der Waals surface area contributed by atoms with Gasteiger partial charge < -0.3 is 16.0 Å². The highest BCUT2D eigenvalue weighted by Gasteiger charge is 2.18. The number of nitrogens with zero attached hydrogens (tertiary/aromatic N) is 1. The molecule has 0 aliphatic rings. The average molecular weight is 391 g/mol. The van der Waals surface area contributed by atoms with Crippen molar-refractivity contribution in [3.63, 3.8) is 0 Å². The molecule has 0 spiro atoms. The zero-order valence-electron chi connectivity index (χ0n) is 18.3. The number of likely N-dealkylation sites (N-methyl/N-ethyl adjacent to an activating group) is 1. The van der Waals surface area contributed by atoms with Crippen LogP contribution in [0.2, 0.25) is 0 Å². The standard InChI is InChI=1S/C22H38N4O2/c1-7-26(8-2)20(13-16(3)4)15-24-22(28)25-19-11-9-18(10-12-19)21(27)23-14-17(5)6/h9-12,16-17,20H,7-8,13-15H2,1-6H3,(H,23,27)(H2,24,25,28). The highest BCUT2D eigenvalue weighted by molar-refractivity contribution is 5.95. The summed E-state index contributed by atoms with van der Waals surface area (Å²) in [6.07, 6.45) is 1.04.